The third kappa shape index (κ3) is 2.69. The first-order valence-electron chi connectivity index (χ1n) is 9.43. The Morgan fingerprint density at radius 1 is 1.24 bits per heavy atom. The SMILES string of the molecule is Cc1cc(-c2cc(-c3cnn(C4(CC#N)CC(C#N)C4)c3)n3ccnc3c2)[nH]n1. The minimum absolute atomic E-state index is 0.0108. The molecule has 8 nitrogen and oxygen atoms in total. The third-order valence-corrected chi connectivity index (χ3v) is 5.73. The molecular weight excluding hydrogens is 364 g/mol. The first-order valence-corrected chi connectivity index (χ1v) is 9.43. The molecule has 0 bridgehead atoms. The molecule has 1 saturated carbocycles. The fourth-order valence-electron chi connectivity index (χ4n) is 4.19. The van der Waals surface area contributed by atoms with Gasteiger partial charge in [-0.2, -0.15) is 20.7 Å². The Morgan fingerprint density at radius 3 is 2.83 bits per heavy atom. The number of aromatic nitrogens is 6. The molecule has 0 spiro atoms. The zero-order chi connectivity index (χ0) is 20.0. The summed E-state index contributed by atoms with van der Waals surface area (Å²) >= 11 is 0. The topological polar surface area (TPSA) is 111 Å². The number of nitriles is 2. The van der Waals surface area contributed by atoms with Crippen LogP contribution in [0, 0.1) is 35.5 Å². The third-order valence-electron chi connectivity index (χ3n) is 5.73. The van der Waals surface area contributed by atoms with Crippen LogP contribution in [-0.4, -0.2) is 29.4 Å². The Balaban J connectivity index is 1.59. The van der Waals surface area contributed by atoms with E-state index in [1.54, 1.807) is 6.20 Å². The fraction of sp³-hybridized carbons (Fsp3) is 0.286. The van der Waals surface area contributed by atoms with Gasteiger partial charge in [0.25, 0.3) is 0 Å². The predicted octanol–water partition coefficient (Wildman–Crippen LogP) is 3.44. The highest BCUT2D eigenvalue weighted by Crippen LogP contribution is 2.46. The van der Waals surface area contributed by atoms with Crippen molar-refractivity contribution in [2.24, 2.45) is 5.92 Å². The number of nitrogens with one attached hydrogen (secondary N) is 1. The summed E-state index contributed by atoms with van der Waals surface area (Å²) in [5.74, 6) is -0.0108. The molecule has 4 heterocycles. The zero-order valence-corrected chi connectivity index (χ0v) is 15.9. The van der Waals surface area contributed by atoms with Gasteiger partial charge in [-0.1, -0.05) is 0 Å². The number of H-pyrrole nitrogens is 1. The first-order chi connectivity index (χ1) is 14.1. The van der Waals surface area contributed by atoms with E-state index in [0.29, 0.717) is 19.3 Å². The maximum atomic E-state index is 9.29. The summed E-state index contributed by atoms with van der Waals surface area (Å²) in [6, 6.07) is 10.7. The predicted molar refractivity (Wildman–Crippen MR) is 105 cm³/mol. The molecule has 29 heavy (non-hydrogen) atoms. The molecule has 0 amide bonds. The lowest BCUT2D eigenvalue weighted by Crippen LogP contribution is -2.46. The maximum absolute atomic E-state index is 9.29. The van der Waals surface area contributed by atoms with Gasteiger partial charge in [0, 0.05) is 29.7 Å². The molecule has 0 unspecified atom stereocenters. The summed E-state index contributed by atoms with van der Waals surface area (Å²) in [6.45, 7) is 1.95. The van der Waals surface area contributed by atoms with Gasteiger partial charge in [0.1, 0.15) is 5.65 Å². The molecule has 0 saturated heterocycles. The first kappa shape index (κ1) is 17.2. The lowest BCUT2D eigenvalue weighted by atomic mass is 9.67. The molecule has 5 rings (SSSR count). The van der Waals surface area contributed by atoms with E-state index in [-0.39, 0.29) is 11.5 Å². The minimum atomic E-state index is -0.389. The number of hydrogen-bond donors (Lipinski definition) is 1. The van der Waals surface area contributed by atoms with Crippen LogP contribution in [0.25, 0.3) is 28.2 Å². The fourth-order valence-corrected chi connectivity index (χ4v) is 4.19. The molecule has 1 aliphatic rings. The molecule has 1 N–H and O–H groups in total. The standard InChI is InChI=1S/C21H18N8/c1-14-6-18(27-26-14)16-7-19(28-5-4-24-20(28)8-16)17-12-25-29(13-17)21(2-3-22)9-15(10-21)11-23/h4-8,12-13,15H,2,9-10H2,1H3,(H,26,27). The lowest BCUT2D eigenvalue weighted by molar-refractivity contribution is 0.0882. The highest BCUT2D eigenvalue weighted by molar-refractivity contribution is 5.73. The van der Waals surface area contributed by atoms with Crippen LogP contribution in [0.4, 0.5) is 0 Å². The Kier molecular flexibility index (Phi) is 3.75. The number of aromatic amines is 1. The molecule has 4 aromatic rings. The minimum Gasteiger partial charge on any atom is -0.300 e. The average molecular weight is 382 g/mol. The smallest absolute Gasteiger partial charge is 0.137 e. The van der Waals surface area contributed by atoms with E-state index >= 15 is 0 Å². The molecular formula is C21H18N8. The van der Waals surface area contributed by atoms with Crippen LogP contribution in [0.15, 0.2) is 43.0 Å². The summed E-state index contributed by atoms with van der Waals surface area (Å²) in [5, 5.41) is 30.3. The second-order valence-corrected chi connectivity index (χ2v) is 7.67. The van der Waals surface area contributed by atoms with Gasteiger partial charge in [0.15, 0.2) is 0 Å². The van der Waals surface area contributed by atoms with Crippen LogP contribution in [0.1, 0.15) is 25.0 Å². The molecule has 1 aliphatic carbocycles. The van der Waals surface area contributed by atoms with Crippen molar-refractivity contribution >= 4 is 5.65 Å². The van der Waals surface area contributed by atoms with Gasteiger partial charge < -0.3 is 0 Å². The summed E-state index contributed by atoms with van der Waals surface area (Å²) < 4.78 is 3.89. The Bertz CT molecular complexity index is 1290. The number of aryl methyl sites for hydroxylation is 1. The number of fused-ring (bicyclic) bond motifs is 1. The quantitative estimate of drug-likeness (QED) is 0.581. The van der Waals surface area contributed by atoms with E-state index in [9.17, 15) is 10.5 Å². The van der Waals surface area contributed by atoms with Gasteiger partial charge in [-0.25, -0.2) is 4.98 Å². The van der Waals surface area contributed by atoms with E-state index in [4.69, 9.17) is 0 Å². The number of imidazole rings is 1. The van der Waals surface area contributed by atoms with Crippen LogP contribution in [0.3, 0.4) is 0 Å². The van der Waals surface area contributed by atoms with Crippen molar-refractivity contribution in [1.29, 1.82) is 10.5 Å². The van der Waals surface area contributed by atoms with Crippen molar-refractivity contribution < 1.29 is 0 Å². The summed E-state index contributed by atoms with van der Waals surface area (Å²) in [6.07, 6.45) is 9.14. The molecule has 4 aromatic heterocycles. The van der Waals surface area contributed by atoms with Gasteiger partial charge in [-0.3, -0.25) is 14.2 Å². The van der Waals surface area contributed by atoms with Gasteiger partial charge in [-0.05, 0) is 38.0 Å². The van der Waals surface area contributed by atoms with Crippen LogP contribution in [0.2, 0.25) is 0 Å². The zero-order valence-electron chi connectivity index (χ0n) is 15.9. The largest absolute Gasteiger partial charge is 0.300 e. The summed E-state index contributed by atoms with van der Waals surface area (Å²) in [4.78, 5) is 4.45. The van der Waals surface area contributed by atoms with Crippen LogP contribution in [0.5, 0.6) is 0 Å². The van der Waals surface area contributed by atoms with E-state index in [2.05, 4.69) is 38.5 Å². The summed E-state index contributed by atoms with van der Waals surface area (Å²) in [5.41, 5.74) is 5.18. The number of rotatable bonds is 4. The van der Waals surface area contributed by atoms with Crippen molar-refractivity contribution in [3.63, 3.8) is 0 Å². The van der Waals surface area contributed by atoms with Crippen LogP contribution >= 0.6 is 0 Å². The van der Waals surface area contributed by atoms with Crippen molar-refractivity contribution in [3.05, 3.63) is 48.7 Å². The van der Waals surface area contributed by atoms with E-state index in [1.807, 2.05) is 46.7 Å². The second-order valence-electron chi connectivity index (χ2n) is 7.67. The van der Waals surface area contributed by atoms with E-state index in [1.165, 1.54) is 0 Å². The maximum Gasteiger partial charge on any atom is 0.137 e. The Morgan fingerprint density at radius 2 is 2.10 bits per heavy atom. The molecule has 1 fully saturated rings. The molecule has 0 aliphatic heterocycles. The van der Waals surface area contributed by atoms with E-state index in [0.717, 1.165) is 33.9 Å². The van der Waals surface area contributed by atoms with Gasteiger partial charge in [0.05, 0.1) is 53.3 Å². The normalized spacial score (nSPS) is 20.9. The highest BCUT2D eigenvalue weighted by Gasteiger charge is 2.46. The van der Waals surface area contributed by atoms with Crippen molar-refractivity contribution in [2.75, 3.05) is 0 Å². The highest BCUT2D eigenvalue weighted by atomic mass is 15.3. The number of hydrogen-bond acceptors (Lipinski definition) is 5. The van der Waals surface area contributed by atoms with Crippen molar-refractivity contribution in [3.8, 4) is 34.7 Å². The van der Waals surface area contributed by atoms with E-state index < -0.39 is 0 Å². The Labute approximate surface area is 167 Å². The van der Waals surface area contributed by atoms with Crippen molar-refractivity contribution in [1.82, 2.24) is 29.4 Å². The number of pyridine rings is 1. The van der Waals surface area contributed by atoms with Crippen molar-refractivity contribution in [2.45, 2.75) is 31.7 Å². The van der Waals surface area contributed by atoms with Crippen LogP contribution < -0.4 is 0 Å². The monoisotopic (exact) mass is 382 g/mol. The van der Waals surface area contributed by atoms with Gasteiger partial charge in [0.2, 0.25) is 0 Å². The Hall–Kier alpha value is -3.91. The van der Waals surface area contributed by atoms with Crippen LogP contribution in [-0.2, 0) is 5.54 Å². The molecule has 142 valence electrons. The average Bonchev–Trinajstić information content (AvgIpc) is 3.43. The number of nitrogens with zero attached hydrogens (tertiary/aromatic N) is 7. The van der Waals surface area contributed by atoms with Gasteiger partial charge >= 0.3 is 0 Å². The molecule has 0 atom stereocenters. The molecule has 8 heteroatoms. The molecule has 0 aromatic carbocycles. The lowest BCUT2D eigenvalue weighted by Gasteiger charge is -2.43. The summed E-state index contributed by atoms with van der Waals surface area (Å²) in [7, 11) is 0. The second kappa shape index (κ2) is 6.32. The van der Waals surface area contributed by atoms with Gasteiger partial charge in [-0.15, -0.1) is 0 Å². The molecule has 0 radical (unpaired) electrons.